The molecule has 2 N–H and O–H groups in total. The van der Waals surface area contributed by atoms with Crippen molar-refractivity contribution in [3.63, 3.8) is 0 Å². The topological polar surface area (TPSA) is 59.6 Å². The predicted molar refractivity (Wildman–Crippen MR) is 101 cm³/mol. The first-order valence-electron chi connectivity index (χ1n) is 8.46. The van der Waals surface area contributed by atoms with E-state index in [1.165, 1.54) is 0 Å². The molecule has 0 aliphatic heterocycles. The molecule has 134 valence electrons. The average Bonchev–Trinajstić information content (AvgIpc) is 2.55. The summed E-state index contributed by atoms with van der Waals surface area (Å²) in [5.41, 5.74) is 2.89. The normalized spacial score (nSPS) is 10.4. The zero-order valence-corrected chi connectivity index (χ0v) is 15.3. The van der Waals surface area contributed by atoms with Gasteiger partial charge in [0.05, 0.1) is 12.6 Å². The molecule has 0 spiro atoms. The van der Waals surface area contributed by atoms with Gasteiger partial charge in [-0.05, 0) is 63.1 Å². The van der Waals surface area contributed by atoms with Crippen LogP contribution in [-0.4, -0.2) is 25.3 Å². The van der Waals surface area contributed by atoms with Gasteiger partial charge < -0.3 is 20.1 Å². The Bertz CT molecular complexity index is 676. The van der Waals surface area contributed by atoms with Crippen molar-refractivity contribution in [1.29, 1.82) is 0 Å². The summed E-state index contributed by atoms with van der Waals surface area (Å²) in [6, 6.07) is 13.0. The van der Waals surface area contributed by atoms with Gasteiger partial charge in [0, 0.05) is 5.69 Å². The summed E-state index contributed by atoms with van der Waals surface area (Å²) in [4.78, 5) is 11.9. The molecule has 2 aromatic carbocycles. The molecule has 0 saturated heterocycles. The van der Waals surface area contributed by atoms with E-state index < -0.39 is 0 Å². The van der Waals surface area contributed by atoms with Crippen molar-refractivity contribution >= 4 is 11.7 Å². The summed E-state index contributed by atoms with van der Waals surface area (Å²) < 4.78 is 11.3. The lowest BCUT2D eigenvalue weighted by Gasteiger charge is -2.13. The molecular formula is C20H26N2O3. The third-order valence-electron chi connectivity index (χ3n) is 3.53. The van der Waals surface area contributed by atoms with E-state index in [0.717, 1.165) is 22.6 Å². The number of benzene rings is 2. The van der Waals surface area contributed by atoms with Crippen LogP contribution in [0.15, 0.2) is 42.5 Å². The summed E-state index contributed by atoms with van der Waals surface area (Å²) in [6.45, 7) is 8.80. The van der Waals surface area contributed by atoms with Crippen LogP contribution in [0.4, 0.5) is 10.5 Å². The average molecular weight is 342 g/mol. The number of carbonyl (C=O) groups is 1. The molecule has 0 atom stereocenters. The maximum Gasteiger partial charge on any atom is 0.319 e. The first kappa shape index (κ1) is 18.6. The first-order chi connectivity index (χ1) is 12.0. The van der Waals surface area contributed by atoms with Gasteiger partial charge in [0.15, 0.2) is 0 Å². The monoisotopic (exact) mass is 342 g/mol. The Hall–Kier alpha value is -2.69. The SMILES string of the molecule is Cc1cccc(C)c1OCCNC(=O)Nc1ccc(OC(C)C)cc1. The standard InChI is InChI=1S/C20H26N2O3/c1-14(2)25-18-10-8-17(9-11-18)22-20(23)21-12-13-24-19-15(3)6-5-7-16(19)4/h5-11,14H,12-13H2,1-4H3,(H2,21,22,23). The number of para-hydroxylation sites is 1. The Labute approximate surface area is 149 Å². The second-order valence-electron chi connectivity index (χ2n) is 6.14. The lowest BCUT2D eigenvalue weighted by molar-refractivity contribution is 0.242. The van der Waals surface area contributed by atoms with Crippen LogP contribution in [0.25, 0.3) is 0 Å². The summed E-state index contributed by atoms with van der Waals surface area (Å²) in [5, 5.41) is 5.56. The highest BCUT2D eigenvalue weighted by molar-refractivity contribution is 5.89. The molecule has 2 rings (SSSR count). The highest BCUT2D eigenvalue weighted by Gasteiger charge is 2.05. The number of hydrogen-bond acceptors (Lipinski definition) is 3. The zero-order valence-electron chi connectivity index (χ0n) is 15.3. The first-order valence-corrected chi connectivity index (χ1v) is 8.46. The molecule has 0 aromatic heterocycles. The second kappa shape index (κ2) is 8.97. The molecule has 0 unspecified atom stereocenters. The smallest absolute Gasteiger partial charge is 0.319 e. The molecule has 0 radical (unpaired) electrons. The maximum atomic E-state index is 11.9. The van der Waals surface area contributed by atoms with Crippen LogP contribution in [0, 0.1) is 13.8 Å². The van der Waals surface area contributed by atoms with Crippen molar-refractivity contribution in [2.75, 3.05) is 18.5 Å². The van der Waals surface area contributed by atoms with Gasteiger partial charge in [-0.25, -0.2) is 4.79 Å². The fourth-order valence-electron chi connectivity index (χ4n) is 2.41. The number of nitrogens with one attached hydrogen (secondary N) is 2. The van der Waals surface area contributed by atoms with Gasteiger partial charge in [0.1, 0.15) is 18.1 Å². The van der Waals surface area contributed by atoms with E-state index in [9.17, 15) is 4.79 Å². The van der Waals surface area contributed by atoms with Crippen LogP contribution < -0.4 is 20.1 Å². The minimum Gasteiger partial charge on any atom is -0.491 e. The van der Waals surface area contributed by atoms with E-state index in [4.69, 9.17) is 9.47 Å². The number of aryl methyl sites for hydroxylation is 2. The summed E-state index contributed by atoms with van der Waals surface area (Å²) in [5.74, 6) is 1.66. The number of hydrogen-bond donors (Lipinski definition) is 2. The van der Waals surface area contributed by atoms with Crippen molar-refractivity contribution in [1.82, 2.24) is 5.32 Å². The van der Waals surface area contributed by atoms with Crippen molar-refractivity contribution in [2.45, 2.75) is 33.8 Å². The van der Waals surface area contributed by atoms with Crippen molar-refractivity contribution in [2.24, 2.45) is 0 Å². The second-order valence-corrected chi connectivity index (χ2v) is 6.14. The lowest BCUT2D eigenvalue weighted by Crippen LogP contribution is -2.32. The van der Waals surface area contributed by atoms with Crippen molar-refractivity contribution in [3.8, 4) is 11.5 Å². The van der Waals surface area contributed by atoms with E-state index in [1.54, 1.807) is 0 Å². The molecule has 25 heavy (non-hydrogen) atoms. The fourth-order valence-corrected chi connectivity index (χ4v) is 2.41. The van der Waals surface area contributed by atoms with Crippen LogP contribution in [-0.2, 0) is 0 Å². The Kier molecular flexibility index (Phi) is 6.69. The van der Waals surface area contributed by atoms with Crippen molar-refractivity contribution < 1.29 is 14.3 Å². The van der Waals surface area contributed by atoms with Gasteiger partial charge >= 0.3 is 6.03 Å². The van der Waals surface area contributed by atoms with Gasteiger partial charge in [0.2, 0.25) is 0 Å². The van der Waals surface area contributed by atoms with E-state index >= 15 is 0 Å². The van der Waals surface area contributed by atoms with Gasteiger partial charge in [-0.1, -0.05) is 18.2 Å². The minimum absolute atomic E-state index is 0.124. The number of carbonyl (C=O) groups excluding carboxylic acids is 1. The molecule has 5 heteroatoms. The molecule has 0 heterocycles. The molecule has 2 aromatic rings. The maximum absolute atomic E-state index is 11.9. The lowest BCUT2D eigenvalue weighted by atomic mass is 10.1. The van der Waals surface area contributed by atoms with Gasteiger partial charge in [-0.2, -0.15) is 0 Å². The number of amides is 2. The van der Waals surface area contributed by atoms with Crippen molar-refractivity contribution in [3.05, 3.63) is 53.6 Å². The molecule has 5 nitrogen and oxygen atoms in total. The van der Waals surface area contributed by atoms with E-state index in [0.29, 0.717) is 18.8 Å². The number of anilines is 1. The summed E-state index contributed by atoms with van der Waals surface area (Å²) in [6.07, 6.45) is 0.124. The fraction of sp³-hybridized carbons (Fsp3) is 0.350. The predicted octanol–water partition coefficient (Wildman–Crippen LogP) is 4.29. The molecule has 2 amide bonds. The van der Waals surface area contributed by atoms with Gasteiger partial charge in [0.25, 0.3) is 0 Å². The molecule has 0 saturated carbocycles. The Morgan fingerprint density at radius 2 is 1.68 bits per heavy atom. The third kappa shape index (κ3) is 6.03. The molecule has 0 bridgehead atoms. The summed E-state index contributed by atoms with van der Waals surface area (Å²) in [7, 11) is 0. The van der Waals surface area contributed by atoms with Crippen LogP contribution in [0.3, 0.4) is 0 Å². The Morgan fingerprint density at radius 1 is 1.04 bits per heavy atom. The summed E-state index contributed by atoms with van der Waals surface area (Å²) >= 11 is 0. The van der Waals surface area contributed by atoms with E-state index in [2.05, 4.69) is 10.6 Å². The van der Waals surface area contributed by atoms with Crippen LogP contribution in [0.2, 0.25) is 0 Å². The molecule has 0 aliphatic carbocycles. The van der Waals surface area contributed by atoms with Crippen LogP contribution in [0.1, 0.15) is 25.0 Å². The Balaban J connectivity index is 1.74. The minimum atomic E-state index is -0.261. The molecular weight excluding hydrogens is 316 g/mol. The third-order valence-corrected chi connectivity index (χ3v) is 3.53. The van der Waals surface area contributed by atoms with Gasteiger partial charge in [-0.15, -0.1) is 0 Å². The largest absolute Gasteiger partial charge is 0.491 e. The highest BCUT2D eigenvalue weighted by atomic mass is 16.5. The Morgan fingerprint density at radius 3 is 2.28 bits per heavy atom. The van der Waals surface area contributed by atoms with E-state index in [1.807, 2.05) is 70.2 Å². The van der Waals surface area contributed by atoms with Gasteiger partial charge in [-0.3, -0.25) is 0 Å². The zero-order chi connectivity index (χ0) is 18.2. The highest BCUT2D eigenvalue weighted by Crippen LogP contribution is 2.22. The quantitative estimate of drug-likeness (QED) is 0.738. The number of ether oxygens (including phenoxy) is 2. The number of urea groups is 1. The van der Waals surface area contributed by atoms with E-state index in [-0.39, 0.29) is 12.1 Å². The number of rotatable bonds is 7. The van der Waals surface area contributed by atoms with Crippen LogP contribution in [0.5, 0.6) is 11.5 Å². The molecule has 0 aliphatic rings. The van der Waals surface area contributed by atoms with Crippen LogP contribution >= 0.6 is 0 Å². The molecule has 0 fully saturated rings.